The van der Waals surface area contributed by atoms with Gasteiger partial charge in [-0.05, 0) is 6.92 Å². The molecule has 1 aromatic rings. The summed E-state index contributed by atoms with van der Waals surface area (Å²) in [7, 11) is 0. The number of hydrogen-bond donors (Lipinski definition) is 2. The first-order valence-corrected chi connectivity index (χ1v) is 5.23. The third-order valence-corrected chi connectivity index (χ3v) is 2.26. The van der Waals surface area contributed by atoms with Crippen molar-refractivity contribution in [3.63, 3.8) is 0 Å². The van der Waals surface area contributed by atoms with Gasteiger partial charge in [-0.1, -0.05) is 0 Å². The van der Waals surface area contributed by atoms with Gasteiger partial charge in [0.05, 0.1) is 13.2 Å². The fourth-order valence-corrected chi connectivity index (χ4v) is 1.37. The molecule has 0 unspecified atom stereocenters. The maximum atomic E-state index is 12.3. The Balaban J connectivity index is 2.95. The maximum Gasteiger partial charge on any atom is 0.406 e. The van der Waals surface area contributed by atoms with E-state index in [0.717, 1.165) is 4.90 Å². The third kappa shape index (κ3) is 4.11. The van der Waals surface area contributed by atoms with E-state index in [2.05, 4.69) is 9.97 Å². The Kier molecular flexibility index (Phi) is 4.85. The van der Waals surface area contributed by atoms with Gasteiger partial charge in [-0.3, -0.25) is 0 Å². The average Bonchev–Trinajstić information content (AvgIpc) is 2.26. The van der Waals surface area contributed by atoms with Gasteiger partial charge in [0.15, 0.2) is 0 Å². The van der Waals surface area contributed by atoms with Crippen LogP contribution in [0.15, 0.2) is 6.20 Å². The van der Waals surface area contributed by atoms with E-state index in [1.807, 2.05) is 0 Å². The van der Waals surface area contributed by atoms with Crippen LogP contribution in [0.25, 0.3) is 0 Å². The van der Waals surface area contributed by atoms with Crippen molar-refractivity contribution in [1.82, 2.24) is 9.97 Å². The Morgan fingerprint density at radius 1 is 1.33 bits per heavy atom. The van der Waals surface area contributed by atoms with E-state index in [1.165, 1.54) is 6.20 Å². The minimum atomic E-state index is -4.40. The predicted molar refractivity (Wildman–Crippen MR) is 58.0 cm³/mol. The average molecular weight is 265 g/mol. The number of rotatable bonds is 5. The number of alkyl halides is 3. The molecule has 0 aliphatic carbocycles. The van der Waals surface area contributed by atoms with E-state index in [9.17, 15) is 13.2 Å². The molecule has 0 aromatic carbocycles. The molecule has 0 amide bonds. The van der Waals surface area contributed by atoms with Gasteiger partial charge in [0, 0.05) is 24.0 Å². The zero-order valence-corrected chi connectivity index (χ0v) is 9.78. The minimum absolute atomic E-state index is 0.115. The van der Waals surface area contributed by atoms with E-state index in [-0.39, 0.29) is 19.1 Å². The molecule has 0 aliphatic heterocycles. The highest BCUT2D eigenvalue weighted by Gasteiger charge is 2.31. The van der Waals surface area contributed by atoms with Crippen molar-refractivity contribution in [3.05, 3.63) is 17.5 Å². The van der Waals surface area contributed by atoms with Crippen LogP contribution in [0.4, 0.5) is 19.1 Å². The molecule has 0 fully saturated rings. The van der Waals surface area contributed by atoms with E-state index in [0.29, 0.717) is 11.3 Å². The second kappa shape index (κ2) is 5.96. The van der Waals surface area contributed by atoms with E-state index >= 15 is 0 Å². The number of aryl methyl sites for hydroxylation is 1. The lowest BCUT2D eigenvalue weighted by Gasteiger charge is -2.23. The first-order valence-electron chi connectivity index (χ1n) is 5.23. The molecule has 1 aromatic heterocycles. The normalized spacial score (nSPS) is 11.7. The van der Waals surface area contributed by atoms with Gasteiger partial charge >= 0.3 is 6.18 Å². The summed E-state index contributed by atoms with van der Waals surface area (Å²) in [6, 6.07) is 0. The second-order valence-corrected chi connectivity index (χ2v) is 3.70. The van der Waals surface area contributed by atoms with Gasteiger partial charge in [0.25, 0.3) is 0 Å². The van der Waals surface area contributed by atoms with Gasteiger partial charge in [0.2, 0.25) is 5.95 Å². The van der Waals surface area contributed by atoms with Gasteiger partial charge in [-0.2, -0.15) is 13.2 Å². The van der Waals surface area contributed by atoms with Gasteiger partial charge in [-0.25, -0.2) is 9.97 Å². The van der Waals surface area contributed by atoms with Crippen molar-refractivity contribution < 1.29 is 23.4 Å². The number of hydrogen-bond acceptors (Lipinski definition) is 5. The largest absolute Gasteiger partial charge is 0.406 e. The number of anilines is 1. The molecule has 0 saturated heterocycles. The molecule has 18 heavy (non-hydrogen) atoms. The molecule has 2 N–H and O–H groups in total. The number of aliphatic hydroxyl groups is 2. The number of nitrogens with zero attached hydrogens (tertiary/aromatic N) is 3. The topological polar surface area (TPSA) is 69.5 Å². The molecule has 0 radical (unpaired) electrons. The Hall–Kier alpha value is -1.41. The van der Waals surface area contributed by atoms with Gasteiger partial charge in [0.1, 0.15) is 6.54 Å². The van der Waals surface area contributed by atoms with Crippen LogP contribution in [0.3, 0.4) is 0 Å². The second-order valence-electron chi connectivity index (χ2n) is 3.70. The standard InChI is InChI=1S/C10H14F3N3O2/c1-7-8(5-18)4-14-9(15-7)16(2-3-17)6-10(11,12)13/h4,17-18H,2-3,5-6H2,1H3. The SMILES string of the molecule is Cc1nc(N(CCO)CC(F)(F)F)ncc1CO. The quantitative estimate of drug-likeness (QED) is 0.817. The Morgan fingerprint density at radius 2 is 2.00 bits per heavy atom. The van der Waals surface area contributed by atoms with Crippen molar-refractivity contribution in [2.45, 2.75) is 19.7 Å². The zero-order valence-electron chi connectivity index (χ0n) is 9.78. The highest BCUT2D eigenvalue weighted by Crippen LogP contribution is 2.20. The molecule has 1 heterocycles. The summed E-state index contributed by atoms with van der Waals surface area (Å²) < 4.78 is 37.0. The van der Waals surface area contributed by atoms with E-state index in [4.69, 9.17) is 10.2 Å². The Bertz CT molecular complexity index is 398. The van der Waals surface area contributed by atoms with Gasteiger partial charge in [-0.15, -0.1) is 0 Å². The van der Waals surface area contributed by atoms with Crippen molar-refractivity contribution in [2.24, 2.45) is 0 Å². The summed E-state index contributed by atoms with van der Waals surface area (Å²) in [5.74, 6) is -0.115. The highest BCUT2D eigenvalue weighted by atomic mass is 19.4. The summed E-state index contributed by atoms with van der Waals surface area (Å²) >= 11 is 0. The van der Waals surface area contributed by atoms with Crippen LogP contribution in [0, 0.1) is 6.92 Å². The summed E-state index contributed by atoms with van der Waals surface area (Å²) in [6.07, 6.45) is -3.12. The van der Waals surface area contributed by atoms with Crippen LogP contribution < -0.4 is 4.90 Å². The van der Waals surface area contributed by atoms with Crippen LogP contribution in [0.1, 0.15) is 11.3 Å². The summed E-state index contributed by atoms with van der Waals surface area (Å²) in [6.45, 7) is -0.573. The van der Waals surface area contributed by atoms with Crippen molar-refractivity contribution in [1.29, 1.82) is 0 Å². The molecule has 0 aliphatic rings. The molecule has 0 saturated carbocycles. The Labute approximate surface area is 102 Å². The molecular formula is C10H14F3N3O2. The molecule has 102 valence electrons. The molecule has 0 bridgehead atoms. The number of aromatic nitrogens is 2. The lowest BCUT2D eigenvalue weighted by Crippen LogP contribution is -2.37. The fraction of sp³-hybridized carbons (Fsp3) is 0.600. The van der Waals surface area contributed by atoms with Crippen molar-refractivity contribution in [3.8, 4) is 0 Å². The summed E-state index contributed by atoms with van der Waals surface area (Å²) in [5, 5.41) is 17.7. The lowest BCUT2D eigenvalue weighted by atomic mass is 10.2. The van der Waals surface area contributed by atoms with Crippen LogP contribution in [-0.2, 0) is 6.61 Å². The van der Waals surface area contributed by atoms with Crippen LogP contribution in [0.2, 0.25) is 0 Å². The van der Waals surface area contributed by atoms with Crippen LogP contribution in [-0.4, -0.2) is 46.1 Å². The smallest absolute Gasteiger partial charge is 0.395 e. The third-order valence-electron chi connectivity index (χ3n) is 2.26. The van der Waals surface area contributed by atoms with Crippen LogP contribution in [0.5, 0.6) is 0 Å². The predicted octanol–water partition coefficient (Wildman–Crippen LogP) is 0.638. The summed E-state index contributed by atoms with van der Waals surface area (Å²) in [4.78, 5) is 8.49. The van der Waals surface area contributed by atoms with Crippen molar-refractivity contribution in [2.75, 3.05) is 24.6 Å². The van der Waals surface area contributed by atoms with E-state index in [1.54, 1.807) is 6.92 Å². The van der Waals surface area contributed by atoms with Crippen LogP contribution >= 0.6 is 0 Å². The Morgan fingerprint density at radius 3 is 2.44 bits per heavy atom. The summed E-state index contributed by atoms with van der Waals surface area (Å²) in [5.41, 5.74) is 0.863. The molecule has 8 heteroatoms. The molecule has 0 spiro atoms. The van der Waals surface area contributed by atoms with Gasteiger partial charge < -0.3 is 15.1 Å². The first kappa shape index (κ1) is 14.7. The molecule has 1 rings (SSSR count). The minimum Gasteiger partial charge on any atom is -0.395 e. The zero-order chi connectivity index (χ0) is 13.8. The van der Waals surface area contributed by atoms with Crippen molar-refractivity contribution >= 4 is 5.95 Å². The van der Waals surface area contributed by atoms with E-state index < -0.39 is 19.3 Å². The molecule has 5 nitrogen and oxygen atoms in total. The first-order chi connectivity index (χ1) is 8.37. The maximum absolute atomic E-state index is 12.3. The monoisotopic (exact) mass is 265 g/mol. The number of halogens is 3. The lowest BCUT2D eigenvalue weighted by molar-refractivity contribution is -0.120. The molecular weight excluding hydrogens is 251 g/mol. The number of aliphatic hydroxyl groups excluding tert-OH is 2. The highest BCUT2D eigenvalue weighted by molar-refractivity contribution is 5.33. The fourth-order valence-electron chi connectivity index (χ4n) is 1.37. The molecule has 0 atom stereocenters.